The Labute approximate surface area is 257 Å². The average molecular weight is 593 g/mol. The second-order valence-electron chi connectivity index (χ2n) is 11.8. The molecule has 1 aliphatic carbocycles. The molecule has 4 aromatic rings. The molecular weight excluding hydrogens is 556 g/mol. The fourth-order valence-electron chi connectivity index (χ4n) is 5.54. The zero-order valence-corrected chi connectivity index (χ0v) is 25.0. The summed E-state index contributed by atoms with van der Waals surface area (Å²) in [7, 11) is 0. The Morgan fingerprint density at radius 2 is 1.36 bits per heavy atom. The number of hydrogen-bond acceptors (Lipinski definition) is 6. The molecule has 0 saturated carbocycles. The highest BCUT2D eigenvalue weighted by atomic mass is 16.6. The first kappa shape index (κ1) is 30.5. The molecule has 0 spiro atoms. The van der Waals surface area contributed by atoms with Crippen LogP contribution in [0.15, 0.2) is 103 Å². The molecule has 4 aromatic carbocycles. The molecule has 0 aromatic heterocycles. The van der Waals surface area contributed by atoms with Crippen LogP contribution in [0.25, 0.3) is 11.1 Å². The van der Waals surface area contributed by atoms with Crippen molar-refractivity contribution in [3.05, 3.63) is 125 Å². The molecule has 0 radical (unpaired) electrons. The third-order valence-corrected chi connectivity index (χ3v) is 7.59. The van der Waals surface area contributed by atoms with Crippen molar-refractivity contribution >= 4 is 23.7 Å². The van der Waals surface area contributed by atoms with E-state index in [4.69, 9.17) is 15.2 Å². The average Bonchev–Trinajstić information content (AvgIpc) is 3.33. The van der Waals surface area contributed by atoms with Gasteiger partial charge in [0.05, 0.1) is 0 Å². The number of nitrogens with two attached hydrogens (primary N) is 1. The predicted octanol–water partition coefficient (Wildman–Crippen LogP) is 6.48. The van der Waals surface area contributed by atoms with Crippen LogP contribution >= 0.6 is 0 Å². The van der Waals surface area contributed by atoms with Crippen molar-refractivity contribution in [2.45, 2.75) is 50.8 Å². The van der Waals surface area contributed by atoms with E-state index in [0.717, 1.165) is 22.3 Å². The number of fused-ring (bicyclic) bond motifs is 3. The maximum atomic E-state index is 13.8. The van der Waals surface area contributed by atoms with Crippen LogP contribution in [0, 0.1) is 0 Å². The third-order valence-electron chi connectivity index (χ3n) is 7.59. The standard InChI is InChI=1S/C36H36N2O6/c1-36(2,3)44-34(41)32(37)24-19-17-23(18-20-24)21-31(33(39)40)38(25-11-5-4-6-12-25)35(42)43-22-30-28-15-9-7-13-26(28)27-14-8-10-16-29(27)30/h4-20,30-32H,21-22,37H2,1-3H3,(H,39,40)/t31-,32?/m0/s1. The third kappa shape index (κ3) is 6.66. The minimum absolute atomic E-state index is 0.00359. The summed E-state index contributed by atoms with van der Waals surface area (Å²) >= 11 is 0. The van der Waals surface area contributed by atoms with Gasteiger partial charge in [0.15, 0.2) is 0 Å². The van der Waals surface area contributed by atoms with Crippen molar-refractivity contribution < 1.29 is 29.0 Å². The van der Waals surface area contributed by atoms with Gasteiger partial charge in [0, 0.05) is 18.0 Å². The van der Waals surface area contributed by atoms with Crippen LogP contribution in [0.4, 0.5) is 10.5 Å². The second-order valence-corrected chi connectivity index (χ2v) is 11.8. The maximum absolute atomic E-state index is 13.8. The summed E-state index contributed by atoms with van der Waals surface area (Å²) in [5.41, 5.74) is 11.3. The van der Waals surface area contributed by atoms with Gasteiger partial charge in [0.2, 0.25) is 0 Å². The number of carbonyl (C=O) groups excluding carboxylic acids is 2. The first-order valence-corrected chi connectivity index (χ1v) is 14.5. The van der Waals surface area contributed by atoms with Crippen molar-refractivity contribution in [3.8, 4) is 11.1 Å². The molecule has 0 aliphatic heterocycles. The van der Waals surface area contributed by atoms with Crippen LogP contribution in [0.3, 0.4) is 0 Å². The lowest BCUT2D eigenvalue weighted by molar-refractivity contribution is -0.156. The van der Waals surface area contributed by atoms with Crippen LogP contribution in [-0.4, -0.2) is 41.4 Å². The van der Waals surface area contributed by atoms with Gasteiger partial charge in [-0.05, 0) is 66.3 Å². The summed E-state index contributed by atoms with van der Waals surface area (Å²) in [6, 6.07) is 29.2. The highest BCUT2D eigenvalue weighted by Gasteiger charge is 2.35. The van der Waals surface area contributed by atoms with Crippen molar-refractivity contribution in [2.75, 3.05) is 11.5 Å². The lowest BCUT2D eigenvalue weighted by Gasteiger charge is -2.29. The number of benzene rings is 4. The quantitative estimate of drug-likeness (QED) is 0.214. The number of para-hydroxylation sites is 1. The van der Waals surface area contributed by atoms with Gasteiger partial charge < -0.3 is 20.3 Å². The van der Waals surface area contributed by atoms with Gasteiger partial charge >= 0.3 is 18.0 Å². The minimum Gasteiger partial charge on any atom is -0.480 e. The Morgan fingerprint density at radius 3 is 1.91 bits per heavy atom. The van der Waals surface area contributed by atoms with E-state index in [1.165, 1.54) is 4.90 Å². The molecule has 0 saturated heterocycles. The second kappa shape index (κ2) is 12.7. The topological polar surface area (TPSA) is 119 Å². The molecule has 2 atom stereocenters. The van der Waals surface area contributed by atoms with Gasteiger partial charge in [0.25, 0.3) is 0 Å². The van der Waals surface area contributed by atoms with E-state index in [2.05, 4.69) is 12.1 Å². The summed E-state index contributed by atoms with van der Waals surface area (Å²) in [6.07, 6.45) is -0.759. The molecule has 226 valence electrons. The van der Waals surface area contributed by atoms with Crippen LogP contribution in [0.2, 0.25) is 0 Å². The molecule has 1 aliphatic rings. The molecule has 44 heavy (non-hydrogen) atoms. The predicted molar refractivity (Wildman–Crippen MR) is 168 cm³/mol. The van der Waals surface area contributed by atoms with Crippen molar-refractivity contribution in [3.63, 3.8) is 0 Å². The number of esters is 1. The number of amides is 1. The number of nitrogens with zero attached hydrogens (tertiary/aromatic N) is 1. The Hall–Kier alpha value is -4.95. The zero-order valence-electron chi connectivity index (χ0n) is 25.0. The number of carbonyl (C=O) groups is 3. The van der Waals surface area contributed by atoms with Gasteiger partial charge in [-0.3, -0.25) is 4.90 Å². The van der Waals surface area contributed by atoms with Crippen molar-refractivity contribution in [1.82, 2.24) is 0 Å². The van der Waals surface area contributed by atoms with Gasteiger partial charge in [0.1, 0.15) is 24.3 Å². The number of aliphatic carboxylic acids is 1. The summed E-state index contributed by atoms with van der Waals surface area (Å²) in [4.78, 5) is 40.1. The van der Waals surface area contributed by atoms with E-state index < -0.39 is 35.7 Å². The molecule has 1 amide bonds. The molecule has 0 bridgehead atoms. The number of carboxylic acid groups (broad SMARTS) is 1. The van der Waals surface area contributed by atoms with Crippen LogP contribution < -0.4 is 10.6 Å². The Balaban J connectivity index is 1.37. The van der Waals surface area contributed by atoms with E-state index in [1.54, 1.807) is 75.4 Å². The van der Waals surface area contributed by atoms with E-state index in [1.807, 2.05) is 36.4 Å². The van der Waals surface area contributed by atoms with Gasteiger partial charge in [-0.15, -0.1) is 0 Å². The van der Waals surface area contributed by atoms with Crippen LogP contribution in [0.5, 0.6) is 0 Å². The van der Waals surface area contributed by atoms with Crippen molar-refractivity contribution in [1.29, 1.82) is 0 Å². The molecule has 1 unspecified atom stereocenters. The molecule has 8 nitrogen and oxygen atoms in total. The van der Waals surface area contributed by atoms with Gasteiger partial charge in [-0.2, -0.15) is 0 Å². The van der Waals surface area contributed by atoms with E-state index in [0.29, 0.717) is 16.8 Å². The Bertz CT molecular complexity index is 1600. The number of ether oxygens (including phenoxy) is 2. The summed E-state index contributed by atoms with van der Waals surface area (Å²) in [5, 5.41) is 10.3. The van der Waals surface area contributed by atoms with E-state index in [9.17, 15) is 19.5 Å². The first-order chi connectivity index (χ1) is 21.0. The SMILES string of the molecule is CC(C)(C)OC(=O)C(N)c1ccc(C[C@@H](C(=O)O)N(C(=O)OCC2c3ccccc3-c3ccccc32)c2ccccc2)cc1. The van der Waals surface area contributed by atoms with E-state index in [-0.39, 0.29) is 18.9 Å². The normalized spacial score (nSPS) is 13.7. The summed E-state index contributed by atoms with van der Waals surface area (Å²) in [6.45, 7) is 5.35. The number of rotatable bonds is 9. The first-order valence-electron chi connectivity index (χ1n) is 14.5. The fraction of sp³-hybridized carbons (Fsp3) is 0.250. The van der Waals surface area contributed by atoms with Gasteiger partial charge in [-0.25, -0.2) is 14.4 Å². The Kier molecular flexibility index (Phi) is 8.83. The summed E-state index contributed by atoms with van der Waals surface area (Å²) < 4.78 is 11.3. The molecule has 5 rings (SSSR count). The lowest BCUT2D eigenvalue weighted by atomic mass is 9.98. The highest BCUT2D eigenvalue weighted by molar-refractivity contribution is 5.95. The van der Waals surface area contributed by atoms with Crippen LogP contribution in [0.1, 0.15) is 55.0 Å². The largest absolute Gasteiger partial charge is 0.480 e. The molecule has 8 heteroatoms. The molecule has 3 N–H and O–H groups in total. The fourth-order valence-corrected chi connectivity index (χ4v) is 5.54. The summed E-state index contributed by atoms with van der Waals surface area (Å²) in [5.74, 6) is -1.91. The van der Waals surface area contributed by atoms with Crippen LogP contribution in [-0.2, 0) is 25.5 Å². The highest BCUT2D eigenvalue weighted by Crippen LogP contribution is 2.44. The van der Waals surface area contributed by atoms with Crippen molar-refractivity contribution in [2.24, 2.45) is 5.73 Å². The monoisotopic (exact) mass is 592 g/mol. The number of anilines is 1. The van der Waals surface area contributed by atoms with E-state index >= 15 is 0 Å². The lowest BCUT2D eigenvalue weighted by Crippen LogP contribution is -2.47. The maximum Gasteiger partial charge on any atom is 0.415 e. The smallest absolute Gasteiger partial charge is 0.415 e. The molecular formula is C36H36N2O6. The number of carboxylic acids is 1. The Morgan fingerprint density at radius 1 is 0.818 bits per heavy atom. The minimum atomic E-state index is -1.27. The van der Waals surface area contributed by atoms with Gasteiger partial charge in [-0.1, -0.05) is 91.0 Å². The number of hydrogen-bond donors (Lipinski definition) is 2. The zero-order chi connectivity index (χ0) is 31.4. The molecule has 0 heterocycles. The molecule has 0 fully saturated rings.